The van der Waals surface area contributed by atoms with E-state index in [1.807, 2.05) is 6.92 Å². The van der Waals surface area contributed by atoms with E-state index in [0.717, 1.165) is 10.6 Å². The quantitative estimate of drug-likeness (QED) is 0.410. The van der Waals surface area contributed by atoms with Crippen LogP contribution in [0.1, 0.15) is 17.3 Å². The smallest absolute Gasteiger partial charge is 0.265 e. The number of ether oxygens (including phenoxy) is 1. The predicted octanol–water partition coefficient (Wildman–Crippen LogP) is 3.80. The first-order chi connectivity index (χ1) is 16.0. The van der Waals surface area contributed by atoms with Crippen LogP contribution in [0.25, 0.3) is 11.0 Å². The molecule has 0 aliphatic heterocycles. The molecule has 1 aromatic heterocycles. The number of fused-ring (bicyclic) bond motifs is 1. The van der Waals surface area contributed by atoms with Crippen molar-refractivity contribution < 1.29 is 19.2 Å². The van der Waals surface area contributed by atoms with Crippen molar-refractivity contribution in [3.63, 3.8) is 0 Å². The van der Waals surface area contributed by atoms with Gasteiger partial charge >= 0.3 is 0 Å². The van der Waals surface area contributed by atoms with Gasteiger partial charge in [-0.05, 0) is 78.9 Å². The molecule has 2 N–H and O–H groups in total. The van der Waals surface area contributed by atoms with E-state index in [-0.39, 0.29) is 12.5 Å². The van der Waals surface area contributed by atoms with Crippen LogP contribution >= 0.6 is 11.6 Å². The molecule has 2 amide bonds. The SMILES string of the molecule is CCOc1ccc(NC(=O)c2ccc(NC(=O)COn3nnc4ccc(Cl)cc43)cc2)cc1. The molecule has 10 heteroatoms. The number of aromatic nitrogens is 3. The van der Waals surface area contributed by atoms with Gasteiger partial charge in [-0.1, -0.05) is 16.4 Å². The lowest BCUT2D eigenvalue weighted by Gasteiger charge is -2.09. The molecule has 3 aromatic carbocycles. The largest absolute Gasteiger partial charge is 0.494 e. The fourth-order valence-electron chi connectivity index (χ4n) is 2.99. The van der Waals surface area contributed by atoms with Crippen molar-refractivity contribution in [3.05, 3.63) is 77.3 Å². The Bertz CT molecular complexity index is 1270. The number of anilines is 2. The summed E-state index contributed by atoms with van der Waals surface area (Å²) < 4.78 is 5.39. The Morgan fingerprint density at radius 2 is 1.67 bits per heavy atom. The van der Waals surface area contributed by atoms with Gasteiger partial charge in [-0.25, -0.2) is 0 Å². The number of benzene rings is 3. The van der Waals surface area contributed by atoms with Crippen molar-refractivity contribution >= 4 is 45.8 Å². The topological polar surface area (TPSA) is 107 Å². The number of carbonyl (C=O) groups is 2. The van der Waals surface area contributed by atoms with E-state index in [2.05, 4.69) is 20.9 Å². The summed E-state index contributed by atoms with van der Waals surface area (Å²) in [6.45, 7) is 2.20. The molecule has 0 unspecified atom stereocenters. The Balaban J connectivity index is 1.30. The summed E-state index contributed by atoms with van der Waals surface area (Å²) in [7, 11) is 0. The molecular weight excluding hydrogens is 446 g/mol. The maximum atomic E-state index is 12.4. The molecule has 4 rings (SSSR count). The van der Waals surface area contributed by atoms with Crippen molar-refractivity contribution in [1.82, 2.24) is 15.2 Å². The third kappa shape index (κ3) is 5.58. The summed E-state index contributed by atoms with van der Waals surface area (Å²) in [5.41, 5.74) is 2.77. The maximum Gasteiger partial charge on any atom is 0.265 e. The van der Waals surface area contributed by atoms with Crippen molar-refractivity contribution in [1.29, 1.82) is 0 Å². The summed E-state index contributed by atoms with van der Waals surface area (Å²) >= 11 is 5.98. The van der Waals surface area contributed by atoms with Gasteiger partial charge in [0.1, 0.15) is 16.8 Å². The molecule has 0 spiro atoms. The highest BCUT2D eigenvalue weighted by atomic mass is 35.5. The summed E-state index contributed by atoms with van der Waals surface area (Å²) in [4.78, 5) is 31.2. The number of rotatable bonds is 8. The molecule has 33 heavy (non-hydrogen) atoms. The van der Waals surface area contributed by atoms with E-state index in [9.17, 15) is 9.59 Å². The summed E-state index contributed by atoms with van der Waals surface area (Å²) in [5.74, 6) is 0.0738. The number of amides is 2. The minimum atomic E-state index is -0.396. The van der Waals surface area contributed by atoms with E-state index in [1.165, 1.54) is 0 Å². The van der Waals surface area contributed by atoms with Gasteiger partial charge in [0.15, 0.2) is 6.61 Å². The van der Waals surface area contributed by atoms with E-state index < -0.39 is 5.91 Å². The van der Waals surface area contributed by atoms with Crippen LogP contribution in [-0.4, -0.2) is 40.2 Å². The Kier molecular flexibility index (Phi) is 6.70. The monoisotopic (exact) mass is 465 g/mol. The number of halogens is 1. The van der Waals surface area contributed by atoms with E-state index in [0.29, 0.717) is 39.6 Å². The highest BCUT2D eigenvalue weighted by molar-refractivity contribution is 6.31. The van der Waals surface area contributed by atoms with Crippen LogP contribution in [0.5, 0.6) is 5.75 Å². The molecule has 0 saturated carbocycles. The Morgan fingerprint density at radius 3 is 2.39 bits per heavy atom. The number of hydrogen-bond donors (Lipinski definition) is 2. The van der Waals surface area contributed by atoms with Gasteiger partial charge in [0.05, 0.1) is 6.61 Å². The van der Waals surface area contributed by atoms with Gasteiger partial charge < -0.3 is 20.2 Å². The molecule has 0 aliphatic carbocycles. The molecule has 1 heterocycles. The summed E-state index contributed by atoms with van der Waals surface area (Å²) in [6.07, 6.45) is 0. The molecule has 0 bridgehead atoms. The van der Waals surface area contributed by atoms with E-state index in [1.54, 1.807) is 66.7 Å². The van der Waals surface area contributed by atoms with Gasteiger partial charge in [-0.2, -0.15) is 0 Å². The van der Waals surface area contributed by atoms with Crippen LogP contribution in [0.4, 0.5) is 11.4 Å². The first kappa shape index (κ1) is 22.1. The summed E-state index contributed by atoms with van der Waals surface area (Å²) in [6, 6.07) is 18.7. The van der Waals surface area contributed by atoms with Crippen molar-refractivity contribution in [2.75, 3.05) is 23.8 Å². The molecule has 0 aliphatic rings. The van der Waals surface area contributed by atoms with E-state index >= 15 is 0 Å². The predicted molar refractivity (Wildman–Crippen MR) is 125 cm³/mol. The molecular formula is C23H20ClN5O4. The Hall–Kier alpha value is -4.11. The van der Waals surface area contributed by atoms with Gasteiger partial charge in [0.25, 0.3) is 11.8 Å². The van der Waals surface area contributed by atoms with Gasteiger partial charge in [0, 0.05) is 22.0 Å². The van der Waals surface area contributed by atoms with Crippen molar-refractivity contribution in [2.45, 2.75) is 6.92 Å². The normalized spacial score (nSPS) is 10.6. The average molecular weight is 466 g/mol. The fraction of sp³-hybridized carbons (Fsp3) is 0.130. The Morgan fingerprint density at radius 1 is 0.970 bits per heavy atom. The number of carbonyl (C=O) groups excluding carboxylic acids is 2. The van der Waals surface area contributed by atoms with Crippen LogP contribution in [0.2, 0.25) is 5.02 Å². The second kappa shape index (κ2) is 10.0. The fourth-order valence-corrected chi connectivity index (χ4v) is 3.16. The molecule has 0 atom stereocenters. The lowest BCUT2D eigenvalue weighted by atomic mass is 10.2. The molecule has 168 valence electrons. The van der Waals surface area contributed by atoms with Crippen LogP contribution in [0, 0.1) is 0 Å². The molecule has 0 radical (unpaired) electrons. The van der Waals surface area contributed by atoms with Crippen LogP contribution in [0.3, 0.4) is 0 Å². The first-order valence-corrected chi connectivity index (χ1v) is 10.5. The van der Waals surface area contributed by atoms with Gasteiger partial charge in [-0.3, -0.25) is 9.59 Å². The average Bonchev–Trinajstić information content (AvgIpc) is 3.21. The van der Waals surface area contributed by atoms with Crippen LogP contribution in [0.15, 0.2) is 66.7 Å². The molecule has 0 fully saturated rings. The minimum absolute atomic E-state index is 0.267. The standard InChI is InChI=1S/C23H20ClN5O4/c1-2-32-19-10-8-18(9-11-19)26-23(31)15-3-6-17(7-4-15)25-22(30)14-33-29-21-13-16(24)5-12-20(21)27-28-29/h3-13H,2,14H2,1H3,(H,25,30)(H,26,31). The highest BCUT2D eigenvalue weighted by Gasteiger charge is 2.10. The second-order valence-electron chi connectivity index (χ2n) is 6.91. The van der Waals surface area contributed by atoms with Crippen molar-refractivity contribution in [3.8, 4) is 5.75 Å². The van der Waals surface area contributed by atoms with Crippen molar-refractivity contribution in [2.24, 2.45) is 0 Å². The van der Waals surface area contributed by atoms with Crippen LogP contribution < -0.4 is 20.2 Å². The highest BCUT2D eigenvalue weighted by Crippen LogP contribution is 2.18. The zero-order valence-corrected chi connectivity index (χ0v) is 18.4. The zero-order chi connectivity index (χ0) is 23.2. The van der Waals surface area contributed by atoms with Gasteiger partial charge in [0.2, 0.25) is 0 Å². The minimum Gasteiger partial charge on any atom is -0.494 e. The third-order valence-electron chi connectivity index (χ3n) is 4.55. The van der Waals surface area contributed by atoms with Gasteiger partial charge in [-0.15, -0.1) is 5.10 Å². The second-order valence-corrected chi connectivity index (χ2v) is 7.34. The number of nitrogens with zero attached hydrogens (tertiary/aromatic N) is 3. The lowest BCUT2D eigenvalue weighted by Crippen LogP contribution is -2.26. The lowest BCUT2D eigenvalue weighted by molar-refractivity contribution is -0.121. The summed E-state index contributed by atoms with van der Waals surface area (Å²) in [5, 5.41) is 13.8. The third-order valence-corrected chi connectivity index (χ3v) is 4.78. The number of nitrogens with one attached hydrogen (secondary N) is 2. The van der Waals surface area contributed by atoms with Crippen LogP contribution in [-0.2, 0) is 4.79 Å². The molecule has 4 aromatic rings. The molecule has 9 nitrogen and oxygen atoms in total. The maximum absolute atomic E-state index is 12.4. The molecule has 0 saturated heterocycles. The first-order valence-electron chi connectivity index (χ1n) is 10.1. The zero-order valence-electron chi connectivity index (χ0n) is 17.6. The van der Waals surface area contributed by atoms with E-state index in [4.69, 9.17) is 21.2 Å². The Labute approximate surface area is 194 Å². The number of hydrogen-bond acceptors (Lipinski definition) is 6.